The van der Waals surface area contributed by atoms with Gasteiger partial charge in [-0.3, -0.25) is 4.90 Å². The molecule has 2 aromatic carbocycles. The summed E-state index contributed by atoms with van der Waals surface area (Å²) in [6.07, 6.45) is 0.761. The zero-order chi connectivity index (χ0) is 21.2. The van der Waals surface area contributed by atoms with Crippen molar-refractivity contribution in [2.75, 3.05) is 31.1 Å². The molecule has 4 aromatic rings. The van der Waals surface area contributed by atoms with E-state index in [9.17, 15) is 0 Å². The van der Waals surface area contributed by atoms with Gasteiger partial charge in [-0.05, 0) is 36.2 Å². The predicted molar refractivity (Wildman–Crippen MR) is 130 cm³/mol. The molecule has 1 aliphatic heterocycles. The smallest absolute Gasteiger partial charge is 0.141 e. The summed E-state index contributed by atoms with van der Waals surface area (Å²) >= 11 is 7.78. The second-order valence-electron chi connectivity index (χ2n) is 8.09. The van der Waals surface area contributed by atoms with Crippen molar-refractivity contribution >= 4 is 39.0 Å². The summed E-state index contributed by atoms with van der Waals surface area (Å²) in [6.45, 7) is 7.09. The van der Waals surface area contributed by atoms with Gasteiger partial charge in [-0.15, -0.1) is 11.3 Å². The molecule has 0 spiro atoms. The highest BCUT2D eigenvalue weighted by Gasteiger charge is 2.22. The lowest BCUT2D eigenvalue weighted by Gasteiger charge is -2.35. The van der Waals surface area contributed by atoms with Crippen LogP contribution in [0.15, 0.2) is 60.7 Å². The van der Waals surface area contributed by atoms with Crippen molar-refractivity contribution in [3.63, 3.8) is 0 Å². The minimum absolute atomic E-state index is 0.761. The third-order valence-electron chi connectivity index (χ3n) is 5.74. The number of hydrogen-bond acceptors (Lipinski definition) is 5. The second kappa shape index (κ2) is 8.95. The number of piperazine rings is 1. The zero-order valence-corrected chi connectivity index (χ0v) is 19.2. The molecule has 5 rings (SSSR count). The van der Waals surface area contributed by atoms with Crippen molar-refractivity contribution in [2.45, 2.75) is 19.9 Å². The van der Waals surface area contributed by atoms with Crippen LogP contribution in [0.1, 0.15) is 21.8 Å². The number of thiophene rings is 1. The molecule has 0 radical (unpaired) electrons. The van der Waals surface area contributed by atoms with E-state index < -0.39 is 0 Å². The van der Waals surface area contributed by atoms with E-state index in [1.54, 1.807) is 11.3 Å². The molecule has 3 heterocycles. The highest BCUT2D eigenvalue weighted by molar-refractivity contribution is 7.18. The fourth-order valence-electron chi connectivity index (χ4n) is 4.13. The van der Waals surface area contributed by atoms with E-state index in [1.165, 1.54) is 21.4 Å². The number of aryl methyl sites for hydroxylation is 1. The van der Waals surface area contributed by atoms with Gasteiger partial charge in [0.2, 0.25) is 0 Å². The Hall–Kier alpha value is -2.47. The maximum absolute atomic E-state index is 6.02. The summed E-state index contributed by atoms with van der Waals surface area (Å²) in [5.74, 6) is 1.99. The summed E-state index contributed by atoms with van der Waals surface area (Å²) in [6, 6.07) is 20.9. The van der Waals surface area contributed by atoms with Crippen LogP contribution >= 0.6 is 22.9 Å². The van der Waals surface area contributed by atoms with Crippen molar-refractivity contribution in [3.8, 4) is 0 Å². The first-order valence-electron chi connectivity index (χ1n) is 10.7. The third-order valence-corrected chi connectivity index (χ3v) is 6.93. The number of benzene rings is 2. The third kappa shape index (κ3) is 4.74. The molecule has 31 heavy (non-hydrogen) atoms. The number of aromatic nitrogens is 2. The number of halogens is 1. The average molecular weight is 449 g/mol. The first-order valence-corrected chi connectivity index (χ1v) is 11.9. The molecular weight excluding hydrogens is 424 g/mol. The number of nitrogens with zero attached hydrogens (tertiary/aromatic N) is 4. The van der Waals surface area contributed by atoms with Crippen LogP contribution in [0, 0.1) is 6.92 Å². The van der Waals surface area contributed by atoms with Gasteiger partial charge in [0.15, 0.2) is 0 Å². The molecule has 1 aliphatic rings. The van der Waals surface area contributed by atoms with Crippen LogP contribution in [0.25, 0.3) is 10.2 Å². The molecule has 0 bridgehead atoms. The van der Waals surface area contributed by atoms with Crippen LogP contribution in [0.4, 0.5) is 5.82 Å². The van der Waals surface area contributed by atoms with Crippen LogP contribution in [-0.4, -0.2) is 41.0 Å². The first-order chi connectivity index (χ1) is 15.1. The molecule has 6 heteroatoms. The van der Waals surface area contributed by atoms with Gasteiger partial charge in [-0.25, -0.2) is 9.97 Å². The van der Waals surface area contributed by atoms with Crippen molar-refractivity contribution in [3.05, 3.63) is 87.5 Å². The molecule has 0 aliphatic carbocycles. The maximum Gasteiger partial charge on any atom is 0.141 e. The van der Waals surface area contributed by atoms with Gasteiger partial charge in [0.25, 0.3) is 0 Å². The van der Waals surface area contributed by atoms with Gasteiger partial charge in [0, 0.05) is 49.0 Å². The Morgan fingerprint density at radius 3 is 2.39 bits per heavy atom. The number of hydrogen-bond donors (Lipinski definition) is 0. The molecule has 0 amide bonds. The Balaban J connectivity index is 1.35. The largest absolute Gasteiger partial charge is 0.353 e. The van der Waals surface area contributed by atoms with Crippen LogP contribution in [0.3, 0.4) is 0 Å². The van der Waals surface area contributed by atoms with E-state index in [0.29, 0.717) is 0 Å². The van der Waals surface area contributed by atoms with Gasteiger partial charge in [0.1, 0.15) is 16.5 Å². The summed E-state index contributed by atoms with van der Waals surface area (Å²) in [4.78, 5) is 17.2. The summed E-state index contributed by atoms with van der Waals surface area (Å²) < 4.78 is 0. The summed E-state index contributed by atoms with van der Waals surface area (Å²) in [7, 11) is 0. The molecule has 1 saturated heterocycles. The Kier molecular flexibility index (Phi) is 5.90. The minimum atomic E-state index is 0.761. The minimum Gasteiger partial charge on any atom is -0.353 e. The van der Waals surface area contributed by atoms with Crippen molar-refractivity contribution in [1.29, 1.82) is 0 Å². The standard InChI is InChI=1S/C25H25ClN4S/c1-18-15-22-24(27-23(28-25(22)31-18)16-19-5-3-2-4-6-19)30-13-11-29(12-14-30)17-20-7-9-21(26)10-8-20/h2-10,15H,11-14,16-17H2,1H3. The molecule has 0 unspecified atom stereocenters. The van der Waals surface area contributed by atoms with Gasteiger partial charge in [-0.2, -0.15) is 0 Å². The lowest BCUT2D eigenvalue weighted by atomic mass is 10.1. The molecule has 0 atom stereocenters. The van der Waals surface area contributed by atoms with Crippen LogP contribution in [0.5, 0.6) is 0 Å². The average Bonchev–Trinajstić information content (AvgIpc) is 3.16. The Morgan fingerprint density at radius 2 is 1.65 bits per heavy atom. The van der Waals surface area contributed by atoms with Crippen LogP contribution < -0.4 is 4.90 Å². The van der Waals surface area contributed by atoms with E-state index in [0.717, 1.165) is 60.6 Å². The van der Waals surface area contributed by atoms with Crippen molar-refractivity contribution in [1.82, 2.24) is 14.9 Å². The number of anilines is 1. The maximum atomic E-state index is 6.02. The van der Waals surface area contributed by atoms with Crippen LogP contribution in [-0.2, 0) is 13.0 Å². The molecule has 158 valence electrons. The molecule has 1 fully saturated rings. The van der Waals surface area contributed by atoms with E-state index in [1.807, 2.05) is 18.2 Å². The zero-order valence-electron chi connectivity index (χ0n) is 17.6. The van der Waals surface area contributed by atoms with Crippen molar-refractivity contribution in [2.24, 2.45) is 0 Å². The Morgan fingerprint density at radius 1 is 0.903 bits per heavy atom. The number of rotatable bonds is 5. The molecule has 2 aromatic heterocycles. The fourth-order valence-corrected chi connectivity index (χ4v) is 5.15. The second-order valence-corrected chi connectivity index (χ2v) is 9.76. The molecule has 0 N–H and O–H groups in total. The lowest BCUT2D eigenvalue weighted by molar-refractivity contribution is 0.249. The van der Waals surface area contributed by atoms with Crippen LogP contribution in [0.2, 0.25) is 5.02 Å². The monoisotopic (exact) mass is 448 g/mol. The lowest BCUT2D eigenvalue weighted by Crippen LogP contribution is -2.46. The van der Waals surface area contributed by atoms with Gasteiger partial charge >= 0.3 is 0 Å². The fraction of sp³-hybridized carbons (Fsp3) is 0.280. The summed E-state index contributed by atoms with van der Waals surface area (Å²) in [5.41, 5.74) is 2.55. The Bertz CT molecular complexity index is 1170. The normalized spacial score (nSPS) is 15.0. The highest BCUT2D eigenvalue weighted by atomic mass is 35.5. The molecular formula is C25H25ClN4S. The molecule has 4 nitrogen and oxygen atoms in total. The van der Waals surface area contributed by atoms with E-state index in [-0.39, 0.29) is 0 Å². The van der Waals surface area contributed by atoms with E-state index >= 15 is 0 Å². The Labute approximate surface area is 192 Å². The molecule has 0 saturated carbocycles. The van der Waals surface area contributed by atoms with Gasteiger partial charge < -0.3 is 4.90 Å². The SMILES string of the molecule is Cc1cc2c(N3CCN(Cc4ccc(Cl)cc4)CC3)nc(Cc3ccccc3)nc2s1. The number of fused-ring (bicyclic) bond motifs is 1. The van der Waals surface area contributed by atoms with Crippen molar-refractivity contribution < 1.29 is 0 Å². The van der Waals surface area contributed by atoms with E-state index in [4.69, 9.17) is 21.6 Å². The highest BCUT2D eigenvalue weighted by Crippen LogP contribution is 2.31. The summed E-state index contributed by atoms with van der Waals surface area (Å²) in [5, 5.41) is 1.98. The van der Waals surface area contributed by atoms with Gasteiger partial charge in [-0.1, -0.05) is 54.1 Å². The topological polar surface area (TPSA) is 32.3 Å². The predicted octanol–water partition coefficient (Wildman–Crippen LogP) is 5.57. The quantitative estimate of drug-likeness (QED) is 0.399. The first kappa shape index (κ1) is 20.4. The van der Waals surface area contributed by atoms with Gasteiger partial charge in [0.05, 0.1) is 5.39 Å². The van der Waals surface area contributed by atoms with E-state index in [2.05, 4.69) is 59.2 Å².